The summed E-state index contributed by atoms with van der Waals surface area (Å²) in [6.45, 7) is 1.64. The molecule has 0 amide bonds. The maximum absolute atomic E-state index is 13.6. The third-order valence-electron chi connectivity index (χ3n) is 3.28. The minimum atomic E-state index is -0.285. The van der Waals surface area contributed by atoms with Gasteiger partial charge in [-0.25, -0.2) is 4.39 Å². The topological polar surface area (TPSA) is 32.3 Å². The van der Waals surface area contributed by atoms with E-state index >= 15 is 0 Å². The monoisotopic (exact) mass is 243 g/mol. The number of hydrogen-bond donors (Lipinski definition) is 2. The second kappa shape index (κ2) is 4.70. The van der Waals surface area contributed by atoms with Gasteiger partial charge in [0.2, 0.25) is 0 Å². The number of hydrogen-bond acceptors (Lipinski definition) is 2. The molecule has 2 rings (SSSR count). The van der Waals surface area contributed by atoms with Gasteiger partial charge in [-0.15, -0.1) is 0 Å². The largest absolute Gasteiger partial charge is 0.396 e. The molecule has 0 radical (unpaired) electrons. The van der Waals surface area contributed by atoms with Crippen molar-refractivity contribution in [3.05, 3.63) is 34.6 Å². The van der Waals surface area contributed by atoms with Gasteiger partial charge in [0.05, 0.1) is 6.61 Å². The number of aliphatic hydroxyl groups is 1. The van der Waals surface area contributed by atoms with Crippen molar-refractivity contribution < 1.29 is 9.50 Å². The minimum absolute atomic E-state index is 0.0602. The highest BCUT2D eigenvalue weighted by atomic mass is 35.5. The highest BCUT2D eigenvalue weighted by Crippen LogP contribution is 2.33. The lowest BCUT2D eigenvalue weighted by atomic mass is 9.81. The first-order valence-electron chi connectivity index (χ1n) is 5.41. The molecule has 0 bridgehead atoms. The number of nitrogens with one attached hydrogen (secondary N) is 1. The van der Waals surface area contributed by atoms with Gasteiger partial charge in [0.25, 0.3) is 0 Å². The molecule has 0 saturated carbocycles. The van der Waals surface area contributed by atoms with E-state index in [-0.39, 0.29) is 17.8 Å². The first-order valence-corrected chi connectivity index (χ1v) is 5.79. The Bertz CT molecular complexity index is 357. The summed E-state index contributed by atoms with van der Waals surface area (Å²) in [6, 6.07) is 4.70. The normalized spacial score (nSPS) is 24.9. The van der Waals surface area contributed by atoms with Crippen LogP contribution in [0.15, 0.2) is 18.2 Å². The van der Waals surface area contributed by atoms with E-state index in [0.29, 0.717) is 23.6 Å². The maximum Gasteiger partial charge on any atom is 0.127 e. The molecule has 88 valence electrons. The summed E-state index contributed by atoms with van der Waals surface area (Å²) in [7, 11) is 0. The lowest BCUT2D eigenvalue weighted by molar-refractivity contribution is 0.142. The van der Waals surface area contributed by atoms with Crippen LogP contribution in [0.25, 0.3) is 0 Å². The molecule has 1 atom stereocenters. The van der Waals surface area contributed by atoms with Gasteiger partial charge in [-0.3, -0.25) is 0 Å². The second-order valence-electron chi connectivity index (χ2n) is 4.46. The predicted molar refractivity (Wildman–Crippen MR) is 62.1 cm³/mol. The van der Waals surface area contributed by atoms with Crippen LogP contribution in [0.5, 0.6) is 0 Å². The standard InChI is InChI=1S/C12H15ClFNO/c13-10-2-1-3-11(14)9(10)6-12(8-16)4-5-15-7-12/h1-3,15-16H,4-8H2. The zero-order valence-electron chi connectivity index (χ0n) is 8.97. The van der Waals surface area contributed by atoms with Crippen LogP contribution in [-0.2, 0) is 6.42 Å². The van der Waals surface area contributed by atoms with Crippen LogP contribution in [0.3, 0.4) is 0 Å². The third kappa shape index (κ3) is 2.21. The van der Waals surface area contributed by atoms with Crippen molar-refractivity contribution in [3.63, 3.8) is 0 Å². The first kappa shape index (κ1) is 11.8. The van der Waals surface area contributed by atoms with Gasteiger partial charge < -0.3 is 10.4 Å². The molecule has 1 heterocycles. The summed E-state index contributed by atoms with van der Waals surface area (Å²) in [4.78, 5) is 0. The Morgan fingerprint density at radius 3 is 2.88 bits per heavy atom. The number of halogens is 2. The zero-order chi connectivity index (χ0) is 11.6. The fourth-order valence-corrected chi connectivity index (χ4v) is 2.44. The van der Waals surface area contributed by atoms with Gasteiger partial charge >= 0.3 is 0 Å². The van der Waals surface area contributed by atoms with Crippen LogP contribution in [0.1, 0.15) is 12.0 Å². The highest BCUT2D eigenvalue weighted by molar-refractivity contribution is 6.31. The summed E-state index contributed by atoms with van der Waals surface area (Å²) in [5.41, 5.74) is 0.258. The van der Waals surface area contributed by atoms with E-state index in [1.165, 1.54) is 6.07 Å². The molecule has 16 heavy (non-hydrogen) atoms. The minimum Gasteiger partial charge on any atom is -0.396 e. The molecule has 1 aliphatic rings. The van der Waals surface area contributed by atoms with Crippen LogP contribution in [0.4, 0.5) is 4.39 Å². The van der Waals surface area contributed by atoms with Crippen molar-refractivity contribution in [3.8, 4) is 0 Å². The molecule has 1 saturated heterocycles. The Morgan fingerprint density at radius 2 is 2.31 bits per heavy atom. The van der Waals surface area contributed by atoms with Crippen LogP contribution in [0, 0.1) is 11.2 Å². The van der Waals surface area contributed by atoms with Gasteiger partial charge in [0.15, 0.2) is 0 Å². The zero-order valence-corrected chi connectivity index (χ0v) is 9.73. The molecular formula is C12H15ClFNO. The Balaban J connectivity index is 2.25. The van der Waals surface area contributed by atoms with Crippen molar-refractivity contribution in [1.82, 2.24) is 5.32 Å². The molecule has 0 aliphatic carbocycles. The van der Waals surface area contributed by atoms with E-state index in [2.05, 4.69) is 5.32 Å². The summed E-state index contributed by atoms with van der Waals surface area (Å²) in [6.07, 6.45) is 1.34. The van der Waals surface area contributed by atoms with Crippen LogP contribution < -0.4 is 5.32 Å². The Morgan fingerprint density at radius 1 is 1.50 bits per heavy atom. The smallest absolute Gasteiger partial charge is 0.127 e. The van der Waals surface area contributed by atoms with Gasteiger partial charge in [-0.05, 0) is 31.5 Å². The van der Waals surface area contributed by atoms with Gasteiger partial charge in [0, 0.05) is 22.5 Å². The van der Waals surface area contributed by atoms with Crippen molar-refractivity contribution in [2.24, 2.45) is 5.41 Å². The summed E-state index contributed by atoms with van der Waals surface area (Å²) in [5, 5.41) is 13.1. The molecule has 1 unspecified atom stereocenters. The molecule has 4 heteroatoms. The number of aliphatic hydroxyl groups excluding tert-OH is 1. The van der Waals surface area contributed by atoms with E-state index in [1.54, 1.807) is 12.1 Å². The van der Waals surface area contributed by atoms with Crippen LogP contribution in [0.2, 0.25) is 5.02 Å². The lowest BCUT2D eigenvalue weighted by Crippen LogP contribution is -2.31. The quantitative estimate of drug-likeness (QED) is 0.851. The summed E-state index contributed by atoms with van der Waals surface area (Å²) >= 11 is 5.98. The van der Waals surface area contributed by atoms with Crippen LogP contribution in [-0.4, -0.2) is 24.8 Å². The van der Waals surface area contributed by atoms with Crippen molar-refractivity contribution in [2.45, 2.75) is 12.8 Å². The average molecular weight is 244 g/mol. The first-order chi connectivity index (χ1) is 7.67. The van der Waals surface area contributed by atoms with E-state index in [1.807, 2.05) is 0 Å². The molecule has 2 N–H and O–H groups in total. The number of benzene rings is 1. The molecule has 1 aromatic carbocycles. The van der Waals surface area contributed by atoms with Gasteiger partial charge in [-0.1, -0.05) is 17.7 Å². The van der Waals surface area contributed by atoms with E-state index < -0.39 is 0 Å². The molecule has 0 aromatic heterocycles. The molecule has 0 spiro atoms. The van der Waals surface area contributed by atoms with Crippen LogP contribution >= 0.6 is 11.6 Å². The average Bonchev–Trinajstić information content (AvgIpc) is 2.73. The molecular weight excluding hydrogens is 229 g/mol. The predicted octanol–water partition coefficient (Wildman–Crippen LogP) is 1.99. The third-order valence-corrected chi connectivity index (χ3v) is 3.64. The number of rotatable bonds is 3. The summed E-state index contributed by atoms with van der Waals surface area (Å²) < 4.78 is 13.6. The molecule has 1 aromatic rings. The Kier molecular flexibility index (Phi) is 3.47. The fourth-order valence-electron chi connectivity index (χ4n) is 2.21. The second-order valence-corrected chi connectivity index (χ2v) is 4.87. The molecule has 2 nitrogen and oxygen atoms in total. The lowest BCUT2D eigenvalue weighted by Gasteiger charge is -2.26. The Labute approximate surface area is 99.4 Å². The highest BCUT2D eigenvalue weighted by Gasteiger charge is 2.34. The van der Waals surface area contributed by atoms with E-state index in [0.717, 1.165) is 13.0 Å². The van der Waals surface area contributed by atoms with Gasteiger partial charge in [-0.2, -0.15) is 0 Å². The molecule has 1 fully saturated rings. The maximum atomic E-state index is 13.6. The fraction of sp³-hybridized carbons (Fsp3) is 0.500. The van der Waals surface area contributed by atoms with Gasteiger partial charge in [0.1, 0.15) is 5.82 Å². The van der Waals surface area contributed by atoms with E-state index in [9.17, 15) is 9.50 Å². The molecule has 1 aliphatic heterocycles. The summed E-state index contributed by atoms with van der Waals surface area (Å²) in [5.74, 6) is -0.285. The SMILES string of the molecule is OCC1(Cc2c(F)cccc2Cl)CCNC1. The Hall–Kier alpha value is -0.640. The van der Waals surface area contributed by atoms with Crippen molar-refractivity contribution >= 4 is 11.6 Å². The van der Waals surface area contributed by atoms with Crippen molar-refractivity contribution in [2.75, 3.05) is 19.7 Å². The van der Waals surface area contributed by atoms with E-state index in [4.69, 9.17) is 11.6 Å². The van der Waals surface area contributed by atoms with Crippen molar-refractivity contribution in [1.29, 1.82) is 0 Å².